The summed E-state index contributed by atoms with van der Waals surface area (Å²) in [6, 6.07) is 5.71. The second-order valence-electron chi connectivity index (χ2n) is 7.43. The van der Waals surface area contributed by atoms with E-state index in [9.17, 15) is 9.90 Å². The van der Waals surface area contributed by atoms with Gasteiger partial charge in [0.1, 0.15) is 16.5 Å². The lowest BCUT2D eigenvalue weighted by Crippen LogP contribution is -2.35. The highest BCUT2D eigenvalue weighted by atomic mass is 32.1. The highest BCUT2D eigenvalue weighted by Crippen LogP contribution is 2.49. The summed E-state index contributed by atoms with van der Waals surface area (Å²) in [7, 11) is 3.27. The van der Waals surface area contributed by atoms with E-state index < -0.39 is 11.4 Å². The second-order valence-corrected chi connectivity index (χ2v) is 8.29. The number of hydrogen-bond donors (Lipinski definition) is 1. The van der Waals surface area contributed by atoms with Crippen LogP contribution in [0.1, 0.15) is 25.0 Å². The first-order valence-corrected chi connectivity index (χ1v) is 10.1. The zero-order valence-electron chi connectivity index (χ0n) is 15.6. The molecule has 1 saturated heterocycles. The topological polar surface area (TPSA) is 71.9 Å². The van der Waals surface area contributed by atoms with Crippen LogP contribution >= 0.6 is 11.3 Å². The van der Waals surface area contributed by atoms with Gasteiger partial charge in [0, 0.05) is 31.1 Å². The molecule has 144 valence electrons. The summed E-state index contributed by atoms with van der Waals surface area (Å²) in [4.78, 5) is 18.9. The van der Waals surface area contributed by atoms with E-state index in [4.69, 9.17) is 14.5 Å². The van der Waals surface area contributed by atoms with Crippen LogP contribution in [0.4, 0.5) is 0 Å². The number of fused-ring (bicyclic) bond motifs is 1. The number of aliphatic carboxylic acids is 1. The Hall–Kier alpha value is -2.12. The number of likely N-dealkylation sites (tertiary alicyclic amines) is 1. The smallest absolute Gasteiger partial charge is 0.311 e. The summed E-state index contributed by atoms with van der Waals surface area (Å²) in [6.45, 7) is 2.18. The number of benzene rings is 1. The summed E-state index contributed by atoms with van der Waals surface area (Å²) >= 11 is 1.58. The number of aromatic nitrogens is 1. The number of ether oxygens (including phenoxy) is 2. The Morgan fingerprint density at radius 2 is 2.26 bits per heavy atom. The van der Waals surface area contributed by atoms with Gasteiger partial charge in [0.2, 0.25) is 0 Å². The van der Waals surface area contributed by atoms with Crippen molar-refractivity contribution in [2.24, 2.45) is 11.3 Å². The molecule has 2 atom stereocenters. The molecule has 2 aliphatic rings. The first kappa shape index (κ1) is 18.3. The van der Waals surface area contributed by atoms with E-state index in [1.54, 1.807) is 25.6 Å². The average Bonchev–Trinajstić information content (AvgIpc) is 3.36. The quantitative estimate of drug-likeness (QED) is 0.816. The highest BCUT2D eigenvalue weighted by molar-refractivity contribution is 7.13. The summed E-state index contributed by atoms with van der Waals surface area (Å²) in [6.07, 6.45) is 2.85. The van der Waals surface area contributed by atoms with Crippen LogP contribution in [0, 0.1) is 11.3 Å². The Balaban J connectivity index is 1.51. The monoisotopic (exact) mass is 388 g/mol. The molecule has 1 aromatic heterocycles. The summed E-state index contributed by atoms with van der Waals surface area (Å²) in [5, 5.41) is 12.7. The Morgan fingerprint density at radius 3 is 2.96 bits per heavy atom. The lowest BCUT2D eigenvalue weighted by atomic mass is 9.81. The van der Waals surface area contributed by atoms with Crippen molar-refractivity contribution in [2.75, 3.05) is 27.3 Å². The van der Waals surface area contributed by atoms with Crippen molar-refractivity contribution < 1.29 is 19.4 Å². The minimum absolute atomic E-state index is 0.273. The fourth-order valence-corrected chi connectivity index (χ4v) is 5.41. The van der Waals surface area contributed by atoms with Gasteiger partial charge >= 0.3 is 5.97 Å². The van der Waals surface area contributed by atoms with Crippen LogP contribution in [0.5, 0.6) is 11.5 Å². The lowest BCUT2D eigenvalue weighted by Gasteiger charge is -2.23. The van der Waals surface area contributed by atoms with Crippen LogP contribution in [0.3, 0.4) is 0 Å². The fourth-order valence-electron chi connectivity index (χ4n) is 4.57. The van der Waals surface area contributed by atoms with Crippen molar-refractivity contribution in [3.8, 4) is 22.1 Å². The number of hydrogen-bond acceptors (Lipinski definition) is 6. The summed E-state index contributed by atoms with van der Waals surface area (Å²) in [5.74, 6) is 1.12. The third-order valence-corrected chi connectivity index (χ3v) is 6.87. The molecule has 2 aromatic rings. The molecule has 1 aliphatic heterocycles. The molecular formula is C20H24N2O4S. The Labute approximate surface area is 162 Å². The van der Waals surface area contributed by atoms with Crippen LogP contribution < -0.4 is 9.47 Å². The first-order valence-electron chi connectivity index (χ1n) is 9.18. The number of carbonyl (C=O) groups is 1. The van der Waals surface area contributed by atoms with Crippen LogP contribution in [0.2, 0.25) is 0 Å². The zero-order valence-corrected chi connectivity index (χ0v) is 16.4. The highest BCUT2D eigenvalue weighted by Gasteiger charge is 2.54. The minimum atomic E-state index is -0.630. The molecule has 2 heterocycles. The molecular weight excluding hydrogens is 364 g/mol. The van der Waals surface area contributed by atoms with E-state index >= 15 is 0 Å². The minimum Gasteiger partial charge on any atom is -0.497 e. The van der Waals surface area contributed by atoms with E-state index in [-0.39, 0.29) is 5.92 Å². The number of carboxylic acids is 1. The molecule has 0 spiro atoms. The third-order valence-electron chi connectivity index (χ3n) is 5.94. The largest absolute Gasteiger partial charge is 0.497 e. The third kappa shape index (κ3) is 3.19. The Kier molecular flexibility index (Phi) is 4.82. The van der Waals surface area contributed by atoms with E-state index in [0.29, 0.717) is 13.1 Å². The molecule has 7 heteroatoms. The zero-order chi connectivity index (χ0) is 19.0. The standard InChI is InChI=1S/C20H24N2O4S/c1-25-15-5-6-16(17(8-15)26-2)18-21-14(11-27-18)10-22-9-13-4-3-7-20(13,12-22)19(23)24/h5-6,8,11,13H,3-4,7,9-10,12H2,1-2H3,(H,23,24)/t13-,20+/m0/s1. The number of methoxy groups -OCH3 is 2. The molecule has 4 rings (SSSR count). The predicted molar refractivity (Wildman–Crippen MR) is 103 cm³/mol. The normalized spacial score (nSPS) is 24.7. The van der Waals surface area contributed by atoms with Crippen molar-refractivity contribution in [1.82, 2.24) is 9.88 Å². The van der Waals surface area contributed by atoms with Gasteiger partial charge in [-0.2, -0.15) is 0 Å². The van der Waals surface area contributed by atoms with Crippen molar-refractivity contribution in [3.63, 3.8) is 0 Å². The van der Waals surface area contributed by atoms with Crippen LogP contribution in [-0.4, -0.2) is 48.3 Å². The van der Waals surface area contributed by atoms with Gasteiger partial charge in [-0.3, -0.25) is 9.69 Å². The SMILES string of the molecule is COc1ccc(-c2nc(CN3C[C@@H]4CCC[C@@]4(C(=O)O)C3)cs2)c(OC)c1. The molecule has 1 aromatic carbocycles. The molecule has 1 aliphatic carbocycles. The second kappa shape index (κ2) is 7.13. The molecule has 0 unspecified atom stereocenters. The van der Waals surface area contributed by atoms with E-state index in [1.807, 2.05) is 18.2 Å². The van der Waals surface area contributed by atoms with Crippen molar-refractivity contribution in [2.45, 2.75) is 25.8 Å². The molecule has 27 heavy (non-hydrogen) atoms. The van der Waals surface area contributed by atoms with Crippen molar-refractivity contribution >= 4 is 17.3 Å². The van der Waals surface area contributed by atoms with E-state index in [2.05, 4.69) is 10.3 Å². The lowest BCUT2D eigenvalue weighted by molar-refractivity contribution is -0.149. The Morgan fingerprint density at radius 1 is 1.41 bits per heavy atom. The number of carboxylic acid groups (broad SMARTS) is 1. The van der Waals surface area contributed by atoms with Gasteiger partial charge in [0.05, 0.1) is 30.9 Å². The summed E-state index contributed by atoms with van der Waals surface area (Å²) in [5.41, 5.74) is 1.38. The molecule has 1 saturated carbocycles. The molecule has 2 fully saturated rings. The van der Waals surface area contributed by atoms with Gasteiger partial charge in [0.25, 0.3) is 0 Å². The van der Waals surface area contributed by atoms with Gasteiger partial charge in [-0.05, 0) is 30.9 Å². The maximum atomic E-state index is 11.9. The van der Waals surface area contributed by atoms with Gasteiger partial charge in [-0.25, -0.2) is 4.98 Å². The number of thiazole rings is 1. The first-order chi connectivity index (χ1) is 13.1. The van der Waals surface area contributed by atoms with Crippen LogP contribution in [-0.2, 0) is 11.3 Å². The average molecular weight is 388 g/mol. The maximum absolute atomic E-state index is 11.9. The van der Waals surface area contributed by atoms with Crippen molar-refractivity contribution in [3.05, 3.63) is 29.3 Å². The number of rotatable bonds is 6. The van der Waals surface area contributed by atoms with Gasteiger partial charge in [-0.15, -0.1) is 11.3 Å². The van der Waals surface area contributed by atoms with Gasteiger partial charge in [0.15, 0.2) is 0 Å². The maximum Gasteiger partial charge on any atom is 0.311 e. The Bertz CT molecular complexity index is 852. The van der Waals surface area contributed by atoms with Gasteiger partial charge in [-0.1, -0.05) is 6.42 Å². The fraction of sp³-hybridized carbons (Fsp3) is 0.500. The molecule has 0 amide bonds. The van der Waals surface area contributed by atoms with Crippen molar-refractivity contribution in [1.29, 1.82) is 0 Å². The van der Waals surface area contributed by atoms with Crippen LogP contribution in [0.25, 0.3) is 10.6 Å². The molecule has 0 radical (unpaired) electrons. The van der Waals surface area contributed by atoms with E-state index in [0.717, 1.165) is 53.6 Å². The van der Waals surface area contributed by atoms with E-state index in [1.165, 1.54) is 0 Å². The van der Waals surface area contributed by atoms with Gasteiger partial charge < -0.3 is 14.6 Å². The molecule has 1 N–H and O–H groups in total. The molecule has 6 nitrogen and oxygen atoms in total. The van der Waals surface area contributed by atoms with Crippen LogP contribution in [0.15, 0.2) is 23.6 Å². The summed E-state index contributed by atoms with van der Waals surface area (Å²) < 4.78 is 10.7. The predicted octanol–water partition coefficient (Wildman–Crippen LogP) is 3.51. The molecule has 0 bridgehead atoms. The number of nitrogens with zero attached hydrogens (tertiary/aromatic N) is 2.